The van der Waals surface area contributed by atoms with Gasteiger partial charge < -0.3 is 5.32 Å². The third-order valence-corrected chi connectivity index (χ3v) is 5.21. The second kappa shape index (κ2) is 8.57. The zero-order valence-electron chi connectivity index (χ0n) is 12.6. The molecule has 1 heterocycles. The average Bonchev–Trinajstić information content (AvgIpc) is 3.01. The number of thiophene rings is 1. The van der Waals surface area contributed by atoms with E-state index in [9.17, 15) is 4.39 Å². The van der Waals surface area contributed by atoms with Gasteiger partial charge in [-0.2, -0.15) is 11.8 Å². The van der Waals surface area contributed by atoms with Crippen molar-refractivity contribution in [2.24, 2.45) is 0 Å². The van der Waals surface area contributed by atoms with Crippen LogP contribution < -0.4 is 5.32 Å². The van der Waals surface area contributed by atoms with Gasteiger partial charge in [0.2, 0.25) is 0 Å². The minimum atomic E-state index is -0.145. The molecule has 0 saturated carbocycles. The Labute approximate surface area is 135 Å². The zero-order chi connectivity index (χ0) is 15.1. The van der Waals surface area contributed by atoms with Crippen LogP contribution in [0.3, 0.4) is 0 Å². The minimum absolute atomic E-state index is 0.145. The molecule has 0 radical (unpaired) electrons. The number of hydrogen-bond acceptors (Lipinski definition) is 3. The number of benzene rings is 1. The fourth-order valence-electron chi connectivity index (χ4n) is 2.10. The van der Waals surface area contributed by atoms with Crippen molar-refractivity contribution in [2.45, 2.75) is 32.9 Å². The van der Waals surface area contributed by atoms with Crippen molar-refractivity contribution in [2.75, 3.05) is 11.5 Å². The molecule has 1 aromatic carbocycles. The van der Waals surface area contributed by atoms with Gasteiger partial charge in [0.15, 0.2) is 0 Å². The van der Waals surface area contributed by atoms with Crippen LogP contribution in [0.5, 0.6) is 0 Å². The Morgan fingerprint density at radius 2 is 2.19 bits per heavy atom. The van der Waals surface area contributed by atoms with E-state index in [4.69, 9.17) is 0 Å². The van der Waals surface area contributed by atoms with Crippen LogP contribution in [-0.2, 0) is 6.54 Å². The van der Waals surface area contributed by atoms with Gasteiger partial charge in [-0.3, -0.25) is 0 Å². The Morgan fingerprint density at radius 3 is 2.90 bits per heavy atom. The van der Waals surface area contributed by atoms with E-state index >= 15 is 0 Å². The first-order chi connectivity index (χ1) is 10.2. The van der Waals surface area contributed by atoms with Crippen LogP contribution in [-0.4, -0.2) is 17.5 Å². The maximum atomic E-state index is 13.9. The monoisotopic (exact) mass is 323 g/mol. The second-order valence-electron chi connectivity index (χ2n) is 5.06. The van der Waals surface area contributed by atoms with Crippen LogP contribution in [0.2, 0.25) is 0 Å². The molecule has 0 saturated heterocycles. The molecule has 0 aliphatic rings. The van der Waals surface area contributed by atoms with Crippen molar-refractivity contribution in [3.63, 3.8) is 0 Å². The molecular weight excluding hydrogens is 301 g/mol. The molecule has 1 aromatic heterocycles. The zero-order valence-corrected chi connectivity index (χ0v) is 14.2. The lowest BCUT2D eigenvalue weighted by Gasteiger charge is -2.14. The summed E-state index contributed by atoms with van der Waals surface area (Å²) in [6.45, 7) is 5.18. The molecule has 1 nitrogen and oxygen atoms in total. The molecule has 114 valence electrons. The topological polar surface area (TPSA) is 12.0 Å². The summed E-state index contributed by atoms with van der Waals surface area (Å²) in [5.74, 6) is 2.22. The molecule has 0 spiro atoms. The summed E-state index contributed by atoms with van der Waals surface area (Å²) >= 11 is 3.55. The van der Waals surface area contributed by atoms with Gasteiger partial charge in [-0.05, 0) is 54.0 Å². The summed E-state index contributed by atoms with van der Waals surface area (Å²) in [5, 5.41) is 5.50. The van der Waals surface area contributed by atoms with E-state index in [1.165, 1.54) is 11.5 Å². The fraction of sp³-hybridized carbons (Fsp3) is 0.412. The van der Waals surface area contributed by atoms with E-state index < -0.39 is 0 Å². The number of nitrogens with one attached hydrogen (secondary N) is 1. The van der Waals surface area contributed by atoms with E-state index in [1.54, 1.807) is 17.4 Å². The third kappa shape index (κ3) is 5.13. The largest absolute Gasteiger partial charge is 0.310 e. The van der Waals surface area contributed by atoms with Crippen molar-refractivity contribution in [3.8, 4) is 10.4 Å². The van der Waals surface area contributed by atoms with Crippen molar-refractivity contribution >= 4 is 23.1 Å². The molecule has 0 bridgehead atoms. The summed E-state index contributed by atoms with van der Waals surface area (Å²) < 4.78 is 13.9. The van der Waals surface area contributed by atoms with E-state index in [1.807, 2.05) is 41.4 Å². The van der Waals surface area contributed by atoms with Gasteiger partial charge in [0.1, 0.15) is 5.82 Å². The lowest BCUT2D eigenvalue weighted by molar-refractivity contribution is 0.537. The van der Waals surface area contributed by atoms with Crippen molar-refractivity contribution in [1.82, 2.24) is 5.32 Å². The third-order valence-electron chi connectivity index (χ3n) is 3.37. The predicted molar refractivity (Wildman–Crippen MR) is 93.6 cm³/mol. The fourth-order valence-corrected chi connectivity index (χ4v) is 3.65. The van der Waals surface area contributed by atoms with Crippen LogP contribution in [0.1, 0.15) is 25.8 Å². The van der Waals surface area contributed by atoms with Gasteiger partial charge in [0.05, 0.1) is 0 Å². The number of halogens is 1. The highest BCUT2D eigenvalue weighted by Gasteiger charge is 2.08. The molecule has 1 N–H and O–H groups in total. The van der Waals surface area contributed by atoms with E-state index in [0.717, 1.165) is 23.4 Å². The van der Waals surface area contributed by atoms with E-state index in [2.05, 4.69) is 19.2 Å². The average molecular weight is 324 g/mol. The maximum Gasteiger partial charge on any atom is 0.131 e. The Balaban J connectivity index is 1.94. The predicted octanol–water partition coefficient (Wildman–Crippen LogP) is 5.18. The molecule has 0 aliphatic carbocycles. The first-order valence-electron chi connectivity index (χ1n) is 7.34. The summed E-state index contributed by atoms with van der Waals surface area (Å²) in [6.07, 6.45) is 1.16. The molecule has 0 fully saturated rings. The van der Waals surface area contributed by atoms with Gasteiger partial charge in [-0.15, -0.1) is 11.3 Å². The molecule has 0 amide bonds. The molecule has 4 heteroatoms. The highest BCUT2D eigenvalue weighted by Crippen LogP contribution is 2.28. The van der Waals surface area contributed by atoms with E-state index in [-0.39, 0.29) is 5.82 Å². The molecule has 2 aromatic rings. The van der Waals surface area contributed by atoms with Crippen molar-refractivity contribution in [1.29, 1.82) is 0 Å². The molecule has 2 rings (SSSR count). The number of hydrogen-bond donors (Lipinski definition) is 1. The molecular formula is C17H22FNS2. The van der Waals surface area contributed by atoms with Crippen LogP contribution in [0.15, 0.2) is 35.7 Å². The number of rotatable bonds is 8. The van der Waals surface area contributed by atoms with Crippen LogP contribution in [0.25, 0.3) is 10.4 Å². The molecule has 21 heavy (non-hydrogen) atoms. The summed E-state index contributed by atoms with van der Waals surface area (Å²) in [4.78, 5) is 0.988. The second-order valence-corrected chi connectivity index (χ2v) is 7.40. The normalized spacial score (nSPS) is 12.5. The van der Waals surface area contributed by atoms with Crippen LogP contribution >= 0.6 is 23.1 Å². The smallest absolute Gasteiger partial charge is 0.131 e. The van der Waals surface area contributed by atoms with Gasteiger partial charge in [0, 0.05) is 23.0 Å². The first-order valence-corrected chi connectivity index (χ1v) is 9.37. The first kappa shape index (κ1) is 16.5. The SMILES string of the molecule is CCSCCC(C)NCc1ccc(F)c(-c2cccs2)c1. The van der Waals surface area contributed by atoms with Gasteiger partial charge in [-0.25, -0.2) is 4.39 Å². The summed E-state index contributed by atoms with van der Waals surface area (Å²) in [5.41, 5.74) is 1.84. The lowest BCUT2D eigenvalue weighted by atomic mass is 10.1. The van der Waals surface area contributed by atoms with Crippen LogP contribution in [0.4, 0.5) is 4.39 Å². The molecule has 1 atom stereocenters. The number of thioether (sulfide) groups is 1. The minimum Gasteiger partial charge on any atom is -0.310 e. The lowest BCUT2D eigenvalue weighted by Crippen LogP contribution is -2.26. The Hall–Kier alpha value is -0.840. The standard InChI is InChI=1S/C17H22FNS2/c1-3-20-10-8-13(2)19-12-14-6-7-16(18)15(11-14)17-5-4-9-21-17/h4-7,9,11,13,19H,3,8,10,12H2,1-2H3. The Kier molecular flexibility index (Phi) is 6.74. The maximum absolute atomic E-state index is 13.9. The van der Waals surface area contributed by atoms with E-state index in [0.29, 0.717) is 11.6 Å². The quantitative estimate of drug-likeness (QED) is 0.672. The summed E-state index contributed by atoms with van der Waals surface area (Å²) in [6, 6.07) is 9.81. The Morgan fingerprint density at radius 1 is 1.33 bits per heavy atom. The van der Waals surface area contributed by atoms with Crippen molar-refractivity contribution in [3.05, 3.63) is 47.1 Å². The van der Waals surface area contributed by atoms with Gasteiger partial charge >= 0.3 is 0 Å². The highest BCUT2D eigenvalue weighted by atomic mass is 32.2. The Bertz CT molecular complexity index is 540. The molecule has 0 aliphatic heterocycles. The van der Waals surface area contributed by atoms with Gasteiger partial charge in [0.25, 0.3) is 0 Å². The van der Waals surface area contributed by atoms with Crippen molar-refractivity contribution < 1.29 is 4.39 Å². The van der Waals surface area contributed by atoms with Crippen LogP contribution in [0, 0.1) is 5.82 Å². The van der Waals surface area contributed by atoms with Gasteiger partial charge in [-0.1, -0.05) is 19.1 Å². The summed E-state index contributed by atoms with van der Waals surface area (Å²) in [7, 11) is 0. The molecule has 1 unspecified atom stereocenters. The highest BCUT2D eigenvalue weighted by molar-refractivity contribution is 7.99.